The van der Waals surface area contributed by atoms with Gasteiger partial charge in [0, 0.05) is 6.20 Å². The van der Waals surface area contributed by atoms with Crippen LogP contribution in [0.2, 0.25) is 0 Å². The molecular formula is C15H11NO4S. The maximum absolute atomic E-state index is 12.6. The van der Waals surface area contributed by atoms with Crippen LogP contribution in [0.4, 0.5) is 0 Å². The second kappa shape index (κ2) is 4.53. The zero-order valence-corrected chi connectivity index (χ0v) is 11.9. The van der Waals surface area contributed by atoms with Gasteiger partial charge in [-0.25, -0.2) is 12.4 Å². The number of fused-ring (bicyclic) bond motifs is 1. The lowest BCUT2D eigenvalue weighted by atomic mass is 9.99. The molecule has 1 aromatic heterocycles. The van der Waals surface area contributed by atoms with Crippen LogP contribution in [0.1, 0.15) is 21.6 Å². The molecule has 106 valence electrons. The minimum atomic E-state index is -3.80. The van der Waals surface area contributed by atoms with Gasteiger partial charge < -0.3 is 0 Å². The van der Waals surface area contributed by atoms with Crippen molar-refractivity contribution in [3.8, 4) is 0 Å². The summed E-state index contributed by atoms with van der Waals surface area (Å²) in [6, 6.07) is 7.94. The Labute approximate surface area is 121 Å². The van der Waals surface area contributed by atoms with Gasteiger partial charge in [0.15, 0.2) is 0 Å². The standard InChI is InChI=1S/C15H11NO4S/c1-10-9-16(12-7-8-13(17)15(18)14(10)12)21(19,20)11-5-3-2-4-6-11/h2-9H,1H3. The lowest BCUT2D eigenvalue weighted by molar-refractivity contribution is -0.110. The van der Waals surface area contributed by atoms with Crippen LogP contribution in [-0.2, 0) is 14.8 Å². The highest BCUT2D eigenvalue weighted by Gasteiger charge is 2.30. The highest BCUT2D eigenvalue weighted by atomic mass is 32.2. The topological polar surface area (TPSA) is 73.2 Å². The molecule has 1 heterocycles. The zero-order valence-electron chi connectivity index (χ0n) is 11.1. The smallest absolute Gasteiger partial charge is 0.268 e. The molecule has 0 atom stereocenters. The summed E-state index contributed by atoms with van der Waals surface area (Å²) in [6.07, 6.45) is 3.83. The summed E-state index contributed by atoms with van der Waals surface area (Å²) in [7, 11) is -3.80. The Balaban J connectivity index is 2.27. The molecule has 5 nitrogen and oxygen atoms in total. The van der Waals surface area contributed by atoms with Crippen molar-refractivity contribution >= 4 is 27.7 Å². The maximum Gasteiger partial charge on any atom is 0.268 e. The first kappa shape index (κ1) is 13.5. The van der Waals surface area contributed by atoms with Crippen molar-refractivity contribution in [2.75, 3.05) is 0 Å². The van der Waals surface area contributed by atoms with E-state index in [4.69, 9.17) is 0 Å². The predicted octanol–water partition coefficient (Wildman–Crippen LogP) is 1.81. The molecule has 0 spiro atoms. The monoisotopic (exact) mass is 301 g/mol. The van der Waals surface area contributed by atoms with Gasteiger partial charge in [0.2, 0.25) is 11.6 Å². The Morgan fingerprint density at radius 1 is 1.00 bits per heavy atom. The zero-order chi connectivity index (χ0) is 15.2. The maximum atomic E-state index is 12.6. The summed E-state index contributed by atoms with van der Waals surface area (Å²) in [4.78, 5) is 23.5. The molecule has 21 heavy (non-hydrogen) atoms. The van der Waals surface area contributed by atoms with Gasteiger partial charge in [-0.05, 0) is 36.8 Å². The average molecular weight is 301 g/mol. The molecule has 0 radical (unpaired) electrons. The van der Waals surface area contributed by atoms with Gasteiger partial charge in [-0.15, -0.1) is 0 Å². The van der Waals surface area contributed by atoms with E-state index < -0.39 is 21.6 Å². The van der Waals surface area contributed by atoms with Crippen LogP contribution in [0, 0.1) is 6.92 Å². The first-order valence-electron chi connectivity index (χ1n) is 6.22. The summed E-state index contributed by atoms with van der Waals surface area (Å²) in [5.74, 6) is -1.31. The summed E-state index contributed by atoms with van der Waals surface area (Å²) in [5, 5.41) is 0. The predicted molar refractivity (Wildman–Crippen MR) is 76.6 cm³/mol. The number of aryl methyl sites for hydroxylation is 1. The molecule has 0 saturated carbocycles. The van der Waals surface area contributed by atoms with Crippen LogP contribution in [-0.4, -0.2) is 24.0 Å². The van der Waals surface area contributed by atoms with E-state index in [0.29, 0.717) is 5.56 Å². The van der Waals surface area contributed by atoms with E-state index in [1.54, 1.807) is 25.1 Å². The molecule has 3 rings (SSSR count). The third-order valence-electron chi connectivity index (χ3n) is 3.34. The number of benzene rings is 1. The molecule has 6 heteroatoms. The van der Waals surface area contributed by atoms with Crippen molar-refractivity contribution in [2.45, 2.75) is 11.8 Å². The third-order valence-corrected chi connectivity index (χ3v) is 5.03. The molecule has 0 fully saturated rings. The Kier molecular flexibility index (Phi) is 2.91. The summed E-state index contributed by atoms with van der Waals surface area (Å²) < 4.78 is 26.3. The lowest BCUT2D eigenvalue weighted by Crippen LogP contribution is -2.19. The molecule has 0 bridgehead atoms. The van der Waals surface area contributed by atoms with Crippen molar-refractivity contribution in [1.29, 1.82) is 0 Å². The quantitative estimate of drug-likeness (QED) is 0.793. The number of Topliss-reactive ketones (excluding diaryl/α,β-unsaturated/α-hetero) is 1. The number of nitrogens with zero attached hydrogens (tertiary/aromatic N) is 1. The van der Waals surface area contributed by atoms with Crippen LogP contribution < -0.4 is 0 Å². The minimum absolute atomic E-state index is 0.126. The fourth-order valence-corrected chi connectivity index (χ4v) is 3.77. The molecule has 0 N–H and O–H groups in total. The summed E-state index contributed by atoms with van der Waals surface area (Å²) in [5.41, 5.74) is 0.843. The second-order valence-electron chi connectivity index (χ2n) is 4.71. The largest absolute Gasteiger partial charge is 0.286 e. The molecule has 0 amide bonds. The van der Waals surface area contributed by atoms with Gasteiger partial charge in [0.1, 0.15) is 0 Å². The summed E-state index contributed by atoms with van der Waals surface area (Å²) >= 11 is 0. The van der Waals surface area contributed by atoms with Gasteiger partial charge in [-0.2, -0.15) is 0 Å². The van der Waals surface area contributed by atoms with Crippen LogP contribution in [0.3, 0.4) is 0 Å². The van der Waals surface area contributed by atoms with Crippen molar-refractivity contribution < 1.29 is 18.0 Å². The highest BCUT2D eigenvalue weighted by molar-refractivity contribution is 7.90. The second-order valence-corrected chi connectivity index (χ2v) is 6.53. The molecule has 2 aromatic rings. The normalized spacial score (nSPS) is 14.3. The Morgan fingerprint density at radius 2 is 1.67 bits per heavy atom. The molecule has 1 aromatic carbocycles. The fourth-order valence-electron chi connectivity index (χ4n) is 2.33. The lowest BCUT2D eigenvalue weighted by Gasteiger charge is -2.11. The minimum Gasteiger partial charge on any atom is -0.286 e. The highest BCUT2D eigenvalue weighted by Crippen LogP contribution is 2.27. The number of ketones is 2. The Hall–Kier alpha value is -2.47. The van der Waals surface area contributed by atoms with Gasteiger partial charge in [-0.1, -0.05) is 18.2 Å². The first-order chi connectivity index (χ1) is 9.93. The molecule has 0 unspecified atom stereocenters. The van der Waals surface area contributed by atoms with Crippen molar-refractivity contribution in [2.24, 2.45) is 0 Å². The molecule has 0 saturated heterocycles. The Bertz CT molecular complexity index is 889. The summed E-state index contributed by atoms with van der Waals surface area (Å²) in [6.45, 7) is 1.61. The number of aromatic nitrogens is 1. The van der Waals surface area contributed by atoms with E-state index in [9.17, 15) is 18.0 Å². The van der Waals surface area contributed by atoms with E-state index in [2.05, 4.69) is 0 Å². The van der Waals surface area contributed by atoms with Gasteiger partial charge in [0.25, 0.3) is 10.0 Å². The SMILES string of the molecule is Cc1cn(S(=O)(=O)c2ccccc2)c2c1C(=O)C(=O)C=C2. The molecule has 1 aliphatic rings. The van der Waals surface area contributed by atoms with Crippen molar-refractivity contribution in [3.63, 3.8) is 0 Å². The van der Waals surface area contributed by atoms with E-state index >= 15 is 0 Å². The van der Waals surface area contributed by atoms with Gasteiger partial charge in [-0.3, -0.25) is 9.59 Å². The van der Waals surface area contributed by atoms with E-state index in [0.717, 1.165) is 10.0 Å². The van der Waals surface area contributed by atoms with Crippen LogP contribution in [0.25, 0.3) is 6.08 Å². The fraction of sp³-hybridized carbons (Fsp3) is 0.0667. The van der Waals surface area contributed by atoms with Crippen molar-refractivity contribution in [3.05, 3.63) is 59.4 Å². The van der Waals surface area contributed by atoms with Crippen LogP contribution >= 0.6 is 0 Å². The Morgan fingerprint density at radius 3 is 2.33 bits per heavy atom. The number of allylic oxidation sites excluding steroid dienone is 1. The van der Waals surface area contributed by atoms with E-state index in [1.165, 1.54) is 24.4 Å². The number of hydrogen-bond acceptors (Lipinski definition) is 4. The van der Waals surface area contributed by atoms with Gasteiger partial charge in [0.05, 0.1) is 16.2 Å². The molecular weight excluding hydrogens is 290 g/mol. The van der Waals surface area contributed by atoms with Crippen LogP contribution in [0.5, 0.6) is 0 Å². The molecule has 0 aliphatic heterocycles. The first-order valence-corrected chi connectivity index (χ1v) is 7.66. The number of carbonyl (C=O) groups excluding carboxylic acids is 2. The van der Waals surface area contributed by atoms with E-state index in [-0.39, 0.29) is 16.2 Å². The number of carbonyl (C=O) groups is 2. The molecule has 1 aliphatic carbocycles. The van der Waals surface area contributed by atoms with Crippen LogP contribution in [0.15, 0.2) is 47.5 Å². The number of rotatable bonds is 2. The number of hydrogen-bond donors (Lipinski definition) is 0. The van der Waals surface area contributed by atoms with Crippen molar-refractivity contribution in [1.82, 2.24) is 3.97 Å². The van der Waals surface area contributed by atoms with Gasteiger partial charge >= 0.3 is 0 Å². The third kappa shape index (κ3) is 1.95. The van der Waals surface area contributed by atoms with E-state index in [1.807, 2.05) is 0 Å². The average Bonchev–Trinajstić information content (AvgIpc) is 2.82.